The third kappa shape index (κ3) is 2.26. The fourth-order valence-electron chi connectivity index (χ4n) is 2.16. The van der Waals surface area contributed by atoms with Crippen LogP contribution in [-0.4, -0.2) is 9.55 Å². The van der Waals surface area contributed by atoms with Gasteiger partial charge in [-0.2, -0.15) is 0 Å². The van der Waals surface area contributed by atoms with Crippen molar-refractivity contribution in [1.82, 2.24) is 9.55 Å². The normalized spacial score (nSPS) is 10.8. The summed E-state index contributed by atoms with van der Waals surface area (Å²) in [5.41, 5.74) is 0.628. The summed E-state index contributed by atoms with van der Waals surface area (Å²) in [7, 11) is 0. The number of fused-ring (bicyclic) bond motifs is 1. The number of benzene rings is 2. The maximum atomic E-state index is 12.3. The van der Waals surface area contributed by atoms with Crippen LogP contribution in [0.5, 0.6) is 0 Å². The molecule has 2 aromatic carbocycles. The molecule has 0 saturated heterocycles. The van der Waals surface area contributed by atoms with Crippen molar-refractivity contribution >= 4 is 22.5 Å². The molecule has 4 nitrogen and oxygen atoms in total. The Kier molecular flexibility index (Phi) is 3.16. The standard InChI is InChI=1S/C15H11ClN2O2/c16-11-5-3-4-10(8-11)9-18-14(19)12-6-1-2-7-13(12)17-15(18)20/h1-8H,9H2,(H,17,20). The van der Waals surface area contributed by atoms with E-state index in [2.05, 4.69) is 4.98 Å². The highest BCUT2D eigenvalue weighted by atomic mass is 35.5. The van der Waals surface area contributed by atoms with E-state index in [9.17, 15) is 9.59 Å². The Balaban J connectivity index is 2.17. The van der Waals surface area contributed by atoms with Crippen molar-refractivity contribution in [2.45, 2.75) is 6.54 Å². The van der Waals surface area contributed by atoms with Gasteiger partial charge < -0.3 is 4.98 Å². The molecule has 0 aliphatic rings. The lowest BCUT2D eigenvalue weighted by Crippen LogP contribution is -2.35. The molecular formula is C15H11ClN2O2. The van der Waals surface area contributed by atoms with Crippen molar-refractivity contribution in [3.63, 3.8) is 0 Å². The molecule has 0 unspecified atom stereocenters. The molecule has 0 saturated carbocycles. The summed E-state index contributed by atoms with van der Waals surface area (Å²) in [6, 6.07) is 14.1. The van der Waals surface area contributed by atoms with E-state index in [1.807, 2.05) is 6.07 Å². The van der Waals surface area contributed by atoms with Crippen LogP contribution in [0.25, 0.3) is 10.9 Å². The number of rotatable bonds is 2. The summed E-state index contributed by atoms with van der Waals surface area (Å²) in [6.45, 7) is 0.194. The van der Waals surface area contributed by atoms with Crippen LogP contribution in [0.2, 0.25) is 5.02 Å². The molecule has 3 rings (SSSR count). The Bertz CT molecular complexity index is 896. The fourth-order valence-corrected chi connectivity index (χ4v) is 2.37. The summed E-state index contributed by atoms with van der Waals surface area (Å²) in [5.74, 6) is 0. The van der Waals surface area contributed by atoms with Crippen LogP contribution >= 0.6 is 11.6 Å². The van der Waals surface area contributed by atoms with Gasteiger partial charge in [0, 0.05) is 5.02 Å². The third-order valence-corrected chi connectivity index (χ3v) is 3.35. The molecule has 1 heterocycles. The molecule has 3 aromatic rings. The molecule has 20 heavy (non-hydrogen) atoms. The van der Waals surface area contributed by atoms with Gasteiger partial charge in [-0.1, -0.05) is 35.9 Å². The van der Waals surface area contributed by atoms with Crippen molar-refractivity contribution < 1.29 is 0 Å². The highest BCUT2D eigenvalue weighted by Gasteiger charge is 2.07. The molecule has 0 aliphatic carbocycles. The summed E-state index contributed by atoms with van der Waals surface area (Å²) in [4.78, 5) is 27.1. The van der Waals surface area contributed by atoms with Crippen LogP contribution in [-0.2, 0) is 6.54 Å². The lowest BCUT2D eigenvalue weighted by atomic mass is 10.2. The van der Waals surface area contributed by atoms with Crippen LogP contribution < -0.4 is 11.2 Å². The molecular weight excluding hydrogens is 276 g/mol. The van der Waals surface area contributed by atoms with E-state index in [1.165, 1.54) is 4.57 Å². The van der Waals surface area contributed by atoms with E-state index in [1.54, 1.807) is 42.5 Å². The van der Waals surface area contributed by atoms with Crippen LogP contribution in [0.15, 0.2) is 58.1 Å². The third-order valence-electron chi connectivity index (χ3n) is 3.12. The first kappa shape index (κ1) is 12.7. The van der Waals surface area contributed by atoms with Crippen LogP contribution in [0, 0.1) is 0 Å². The number of aromatic nitrogens is 2. The molecule has 1 N–H and O–H groups in total. The number of halogens is 1. The van der Waals surface area contributed by atoms with E-state index in [4.69, 9.17) is 11.6 Å². The molecule has 0 amide bonds. The molecule has 100 valence electrons. The van der Waals surface area contributed by atoms with Crippen LogP contribution in [0.4, 0.5) is 0 Å². The average molecular weight is 287 g/mol. The maximum absolute atomic E-state index is 12.3. The lowest BCUT2D eigenvalue weighted by molar-refractivity contribution is 0.712. The van der Waals surface area contributed by atoms with Gasteiger partial charge in [-0.15, -0.1) is 0 Å². The Labute approximate surface area is 119 Å². The number of hydrogen-bond acceptors (Lipinski definition) is 2. The van der Waals surface area contributed by atoms with Gasteiger partial charge in [-0.25, -0.2) is 4.79 Å². The molecule has 0 aliphatic heterocycles. The molecule has 0 radical (unpaired) electrons. The number of H-pyrrole nitrogens is 1. The molecule has 1 aromatic heterocycles. The Morgan fingerprint density at radius 3 is 2.65 bits per heavy atom. The van der Waals surface area contributed by atoms with Crippen LogP contribution in [0.1, 0.15) is 5.56 Å². The minimum Gasteiger partial charge on any atom is -0.307 e. The number of nitrogens with one attached hydrogen (secondary N) is 1. The van der Waals surface area contributed by atoms with Crippen molar-refractivity contribution in [3.8, 4) is 0 Å². The minimum absolute atomic E-state index is 0.194. The van der Waals surface area contributed by atoms with Gasteiger partial charge in [-0.05, 0) is 29.8 Å². The molecule has 0 bridgehead atoms. The van der Waals surface area contributed by atoms with E-state index >= 15 is 0 Å². The number of hydrogen-bond donors (Lipinski definition) is 1. The molecule has 5 heteroatoms. The van der Waals surface area contributed by atoms with Crippen molar-refractivity contribution in [3.05, 3.63) is 80.0 Å². The monoisotopic (exact) mass is 286 g/mol. The van der Waals surface area contributed by atoms with Gasteiger partial charge in [-0.3, -0.25) is 9.36 Å². The van der Waals surface area contributed by atoms with Crippen LogP contribution in [0.3, 0.4) is 0 Å². The van der Waals surface area contributed by atoms with Gasteiger partial charge in [0.05, 0.1) is 17.4 Å². The fraction of sp³-hybridized carbons (Fsp3) is 0.0667. The topological polar surface area (TPSA) is 54.9 Å². The predicted molar refractivity (Wildman–Crippen MR) is 79.4 cm³/mol. The predicted octanol–water partition coefficient (Wildman–Crippen LogP) is 2.39. The second-order valence-corrected chi connectivity index (χ2v) is 4.93. The zero-order valence-corrected chi connectivity index (χ0v) is 11.2. The first-order valence-corrected chi connectivity index (χ1v) is 6.49. The largest absolute Gasteiger partial charge is 0.329 e. The number of aromatic amines is 1. The van der Waals surface area contributed by atoms with Crippen molar-refractivity contribution in [1.29, 1.82) is 0 Å². The number of nitrogens with zero attached hydrogens (tertiary/aromatic N) is 1. The van der Waals surface area contributed by atoms with Crippen molar-refractivity contribution in [2.75, 3.05) is 0 Å². The lowest BCUT2D eigenvalue weighted by Gasteiger charge is -2.06. The second-order valence-electron chi connectivity index (χ2n) is 4.50. The van der Waals surface area contributed by atoms with E-state index in [0.29, 0.717) is 15.9 Å². The first-order valence-electron chi connectivity index (χ1n) is 6.11. The van der Waals surface area contributed by atoms with Gasteiger partial charge in [0.2, 0.25) is 0 Å². The quantitative estimate of drug-likeness (QED) is 0.786. The highest BCUT2D eigenvalue weighted by Crippen LogP contribution is 2.11. The average Bonchev–Trinajstić information content (AvgIpc) is 2.43. The zero-order valence-electron chi connectivity index (χ0n) is 10.5. The minimum atomic E-state index is -0.423. The first-order chi connectivity index (χ1) is 9.65. The highest BCUT2D eigenvalue weighted by molar-refractivity contribution is 6.30. The van der Waals surface area contributed by atoms with Gasteiger partial charge in [0.15, 0.2) is 0 Å². The molecule has 0 fully saturated rings. The summed E-state index contributed by atoms with van der Waals surface area (Å²) >= 11 is 5.91. The summed E-state index contributed by atoms with van der Waals surface area (Å²) in [6.07, 6.45) is 0. The van der Waals surface area contributed by atoms with Gasteiger partial charge >= 0.3 is 5.69 Å². The molecule has 0 spiro atoms. The van der Waals surface area contributed by atoms with E-state index < -0.39 is 5.69 Å². The SMILES string of the molecule is O=c1[nH]c2ccccc2c(=O)n1Cc1cccc(Cl)c1. The molecule has 0 atom stereocenters. The van der Waals surface area contributed by atoms with Crippen molar-refractivity contribution in [2.24, 2.45) is 0 Å². The Hall–Kier alpha value is -2.33. The van der Waals surface area contributed by atoms with Gasteiger partial charge in [0.25, 0.3) is 5.56 Å². The van der Waals surface area contributed by atoms with E-state index in [-0.39, 0.29) is 12.1 Å². The maximum Gasteiger partial charge on any atom is 0.329 e. The summed E-state index contributed by atoms with van der Waals surface area (Å²) in [5, 5.41) is 1.07. The zero-order chi connectivity index (χ0) is 14.1. The second kappa shape index (κ2) is 4.98. The van der Waals surface area contributed by atoms with Gasteiger partial charge in [0.1, 0.15) is 0 Å². The van der Waals surface area contributed by atoms with E-state index in [0.717, 1.165) is 5.56 Å². The Morgan fingerprint density at radius 2 is 1.85 bits per heavy atom. The smallest absolute Gasteiger partial charge is 0.307 e. The number of para-hydroxylation sites is 1. The summed E-state index contributed by atoms with van der Waals surface area (Å²) < 4.78 is 1.17. The Morgan fingerprint density at radius 1 is 1.05 bits per heavy atom.